The maximum Gasteiger partial charge on any atom is 0.393 e. The van der Waals surface area contributed by atoms with E-state index in [4.69, 9.17) is 5.26 Å². The van der Waals surface area contributed by atoms with Crippen molar-refractivity contribution in [2.45, 2.75) is 32.5 Å². The van der Waals surface area contributed by atoms with E-state index in [1.54, 1.807) is 12.1 Å². The number of alkyl halides is 3. The summed E-state index contributed by atoms with van der Waals surface area (Å²) in [6.07, 6.45) is -3.29. The molecule has 1 fully saturated rings. The number of halogens is 3. The lowest BCUT2D eigenvalue weighted by Gasteiger charge is -2.34. The standard InChI is InChI=1S/C15H17F3N2/c1-11-7-12(8-19)4-5-13(11)9-20-6-2-3-14(10-20)15(16,17)18/h4-5,7,14H,2-3,6,9-10H2,1H3. The topological polar surface area (TPSA) is 27.0 Å². The Morgan fingerprint density at radius 2 is 2.15 bits per heavy atom. The van der Waals surface area contributed by atoms with E-state index in [0.717, 1.165) is 11.1 Å². The summed E-state index contributed by atoms with van der Waals surface area (Å²) < 4.78 is 38.3. The van der Waals surface area contributed by atoms with Crippen LogP contribution in [0, 0.1) is 24.2 Å². The Morgan fingerprint density at radius 3 is 2.75 bits per heavy atom. The maximum absolute atomic E-state index is 12.8. The molecule has 2 nitrogen and oxygen atoms in total. The minimum Gasteiger partial charge on any atom is -0.298 e. The van der Waals surface area contributed by atoms with E-state index in [2.05, 4.69) is 6.07 Å². The van der Waals surface area contributed by atoms with Crippen molar-refractivity contribution in [3.05, 3.63) is 34.9 Å². The van der Waals surface area contributed by atoms with Gasteiger partial charge in [-0.25, -0.2) is 0 Å². The molecule has 0 aromatic heterocycles. The third kappa shape index (κ3) is 3.51. The number of hydrogen-bond acceptors (Lipinski definition) is 2. The van der Waals surface area contributed by atoms with Crippen molar-refractivity contribution in [2.24, 2.45) is 5.92 Å². The first-order valence-electron chi connectivity index (χ1n) is 6.69. The predicted molar refractivity (Wildman–Crippen MR) is 70.0 cm³/mol. The molecule has 1 unspecified atom stereocenters. The van der Waals surface area contributed by atoms with Gasteiger partial charge < -0.3 is 0 Å². The Kier molecular flexibility index (Phi) is 4.34. The summed E-state index contributed by atoms with van der Waals surface area (Å²) in [5, 5.41) is 8.81. The van der Waals surface area contributed by atoms with E-state index in [0.29, 0.717) is 25.1 Å². The molecule has 1 aliphatic rings. The summed E-state index contributed by atoms with van der Waals surface area (Å²) in [7, 11) is 0. The number of rotatable bonds is 2. The van der Waals surface area contributed by atoms with Crippen molar-refractivity contribution >= 4 is 0 Å². The molecule has 0 aliphatic carbocycles. The zero-order valence-electron chi connectivity index (χ0n) is 11.4. The van der Waals surface area contributed by atoms with Crippen LogP contribution in [0.1, 0.15) is 29.5 Å². The molecule has 5 heteroatoms. The van der Waals surface area contributed by atoms with E-state index in [-0.39, 0.29) is 13.0 Å². The van der Waals surface area contributed by atoms with E-state index < -0.39 is 12.1 Å². The molecule has 0 N–H and O–H groups in total. The van der Waals surface area contributed by atoms with Gasteiger partial charge in [0, 0.05) is 13.1 Å². The van der Waals surface area contributed by atoms with Gasteiger partial charge in [0.15, 0.2) is 0 Å². The van der Waals surface area contributed by atoms with Crippen molar-refractivity contribution < 1.29 is 13.2 Å². The second kappa shape index (κ2) is 5.84. The molecule has 1 heterocycles. The van der Waals surface area contributed by atoms with Gasteiger partial charge in [-0.1, -0.05) is 6.07 Å². The lowest BCUT2D eigenvalue weighted by atomic mass is 9.96. The van der Waals surface area contributed by atoms with Gasteiger partial charge in [0.05, 0.1) is 17.6 Å². The summed E-state index contributed by atoms with van der Waals surface area (Å²) >= 11 is 0. The summed E-state index contributed by atoms with van der Waals surface area (Å²) in [6, 6.07) is 7.40. The minimum atomic E-state index is -4.10. The van der Waals surface area contributed by atoms with Crippen LogP contribution in [0.5, 0.6) is 0 Å². The van der Waals surface area contributed by atoms with Gasteiger partial charge in [0.25, 0.3) is 0 Å². The molecular formula is C15H17F3N2. The third-order valence-electron chi connectivity index (χ3n) is 3.83. The molecule has 0 saturated carbocycles. The highest BCUT2D eigenvalue weighted by molar-refractivity contribution is 5.37. The smallest absolute Gasteiger partial charge is 0.298 e. The second-order valence-electron chi connectivity index (χ2n) is 5.37. The number of nitriles is 1. The largest absolute Gasteiger partial charge is 0.393 e. The van der Waals surface area contributed by atoms with Crippen molar-refractivity contribution in [2.75, 3.05) is 13.1 Å². The highest BCUT2D eigenvalue weighted by Crippen LogP contribution is 2.33. The molecule has 1 aromatic carbocycles. The molecule has 0 radical (unpaired) electrons. The first-order valence-corrected chi connectivity index (χ1v) is 6.69. The van der Waals surface area contributed by atoms with Crippen LogP contribution in [0.15, 0.2) is 18.2 Å². The average molecular weight is 282 g/mol. The van der Waals surface area contributed by atoms with Gasteiger partial charge in [0.1, 0.15) is 0 Å². The van der Waals surface area contributed by atoms with Crippen molar-refractivity contribution in [1.29, 1.82) is 5.26 Å². The zero-order chi connectivity index (χ0) is 14.8. The normalized spacial score (nSPS) is 20.6. The third-order valence-corrected chi connectivity index (χ3v) is 3.83. The van der Waals surface area contributed by atoms with Crippen LogP contribution < -0.4 is 0 Å². The van der Waals surface area contributed by atoms with Crippen molar-refractivity contribution in [1.82, 2.24) is 4.90 Å². The Balaban J connectivity index is 2.05. The number of benzene rings is 1. The fourth-order valence-electron chi connectivity index (χ4n) is 2.65. The summed E-state index contributed by atoms with van der Waals surface area (Å²) in [6.45, 7) is 3.18. The van der Waals surface area contributed by atoms with Crippen LogP contribution in [-0.4, -0.2) is 24.2 Å². The molecule has 1 saturated heterocycles. The van der Waals surface area contributed by atoms with Gasteiger partial charge in [0.2, 0.25) is 0 Å². The summed E-state index contributed by atoms with van der Waals surface area (Å²) in [5.74, 6) is -1.21. The number of nitrogens with zero attached hydrogens (tertiary/aromatic N) is 2. The predicted octanol–water partition coefficient (Wildman–Crippen LogP) is 3.64. The van der Waals surface area contributed by atoms with Gasteiger partial charge >= 0.3 is 6.18 Å². The first-order chi connectivity index (χ1) is 9.40. The van der Waals surface area contributed by atoms with Crippen LogP contribution in [0.25, 0.3) is 0 Å². The van der Waals surface area contributed by atoms with Gasteiger partial charge in [-0.3, -0.25) is 4.90 Å². The highest BCUT2D eigenvalue weighted by Gasteiger charge is 2.41. The zero-order valence-corrected chi connectivity index (χ0v) is 11.4. The molecule has 0 spiro atoms. The number of aryl methyl sites for hydroxylation is 1. The lowest BCUT2D eigenvalue weighted by Crippen LogP contribution is -2.41. The quantitative estimate of drug-likeness (QED) is 0.828. The van der Waals surface area contributed by atoms with Gasteiger partial charge in [-0.05, 0) is 49.6 Å². The Hall–Kier alpha value is -1.54. The highest BCUT2D eigenvalue weighted by atomic mass is 19.4. The molecule has 108 valence electrons. The number of piperidine rings is 1. The Labute approximate surface area is 116 Å². The first kappa shape index (κ1) is 14.9. The molecule has 20 heavy (non-hydrogen) atoms. The van der Waals surface area contributed by atoms with E-state index >= 15 is 0 Å². The molecule has 0 bridgehead atoms. The van der Waals surface area contributed by atoms with Crippen LogP contribution in [0.2, 0.25) is 0 Å². The van der Waals surface area contributed by atoms with Gasteiger partial charge in [-0.2, -0.15) is 18.4 Å². The molecule has 2 rings (SSSR count). The molecule has 1 aromatic rings. The second-order valence-corrected chi connectivity index (χ2v) is 5.37. The SMILES string of the molecule is Cc1cc(C#N)ccc1CN1CCCC(C(F)(F)F)C1. The fraction of sp³-hybridized carbons (Fsp3) is 0.533. The molecule has 1 atom stereocenters. The van der Waals surface area contributed by atoms with Gasteiger partial charge in [-0.15, -0.1) is 0 Å². The lowest BCUT2D eigenvalue weighted by molar-refractivity contribution is -0.187. The summed E-state index contributed by atoms with van der Waals surface area (Å²) in [5.41, 5.74) is 2.53. The minimum absolute atomic E-state index is 0.0724. The van der Waals surface area contributed by atoms with E-state index in [1.807, 2.05) is 17.9 Å². The monoisotopic (exact) mass is 282 g/mol. The molecule has 1 aliphatic heterocycles. The van der Waals surface area contributed by atoms with Crippen LogP contribution in [-0.2, 0) is 6.54 Å². The summed E-state index contributed by atoms with van der Waals surface area (Å²) in [4.78, 5) is 1.86. The van der Waals surface area contributed by atoms with E-state index in [1.165, 1.54) is 0 Å². The van der Waals surface area contributed by atoms with Crippen molar-refractivity contribution in [3.63, 3.8) is 0 Å². The van der Waals surface area contributed by atoms with Crippen LogP contribution in [0.3, 0.4) is 0 Å². The number of hydrogen-bond donors (Lipinski definition) is 0. The maximum atomic E-state index is 12.8. The average Bonchev–Trinajstić information content (AvgIpc) is 2.40. The molecule has 0 amide bonds. The Bertz CT molecular complexity index is 517. The Morgan fingerprint density at radius 1 is 1.40 bits per heavy atom. The fourth-order valence-corrected chi connectivity index (χ4v) is 2.65. The van der Waals surface area contributed by atoms with Crippen LogP contribution >= 0.6 is 0 Å². The molecular weight excluding hydrogens is 265 g/mol. The number of likely N-dealkylation sites (tertiary alicyclic amines) is 1. The van der Waals surface area contributed by atoms with Crippen LogP contribution in [0.4, 0.5) is 13.2 Å². The van der Waals surface area contributed by atoms with Crippen molar-refractivity contribution in [3.8, 4) is 6.07 Å². The van der Waals surface area contributed by atoms with E-state index in [9.17, 15) is 13.2 Å².